The Morgan fingerprint density at radius 1 is 1.23 bits per heavy atom. The van der Waals surface area contributed by atoms with E-state index in [9.17, 15) is 4.79 Å². The first-order valence-electron chi connectivity index (χ1n) is 7.07. The Morgan fingerprint density at radius 2 is 2.00 bits per heavy atom. The van der Waals surface area contributed by atoms with E-state index in [1.54, 1.807) is 0 Å². The summed E-state index contributed by atoms with van der Waals surface area (Å²) >= 11 is 0. The first kappa shape index (κ1) is 14.2. The van der Waals surface area contributed by atoms with Gasteiger partial charge in [0.2, 0.25) is 0 Å². The predicted molar refractivity (Wildman–Crippen MR) is 85.1 cm³/mol. The first-order valence-corrected chi connectivity index (χ1v) is 7.07. The predicted octanol–water partition coefficient (Wildman–Crippen LogP) is 2.88. The minimum Gasteiger partial charge on any atom is -0.464 e. The molecule has 1 aliphatic rings. The van der Waals surface area contributed by atoms with Crippen LogP contribution in [0.15, 0.2) is 42.5 Å². The topological polar surface area (TPSA) is 52.6 Å². The standard InChI is InChI=1S/C18H16N2O2/c1-2-10-20(18(21)22)19-12-14-7-5-9-16-15-8-4-3-6-13(15)11-17(14)16/h1,3-9,19H,10-12H2,(H,21,22). The number of hydrogen-bond acceptors (Lipinski definition) is 2. The lowest BCUT2D eigenvalue weighted by Gasteiger charge is -2.18. The minimum atomic E-state index is -1.08. The summed E-state index contributed by atoms with van der Waals surface area (Å²) in [7, 11) is 0. The molecule has 0 heterocycles. The fraction of sp³-hybridized carbons (Fsp3) is 0.167. The third-order valence-electron chi connectivity index (χ3n) is 3.89. The molecule has 2 N–H and O–H groups in total. The number of nitrogens with zero attached hydrogens (tertiary/aromatic N) is 1. The quantitative estimate of drug-likeness (QED) is 0.574. The number of hydrazine groups is 1. The second-order valence-electron chi connectivity index (χ2n) is 5.18. The molecule has 0 saturated carbocycles. The molecule has 110 valence electrons. The van der Waals surface area contributed by atoms with Crippen molar-refractivity contribution in [1.29, 1.82) is 0 Å². The van der Waals surface area contributed by atoms with Crippen molar-refractivity contribution in [3.8, 4) is 23.5 Å². The summed E-state index contributed by atoms with van der Waals surface area (Å²) in [6.45, 7) is 0.454. The zero-order chi connectivity index (χ0) is 15.5. The molecule has 2 aromatic rings. The van der Waals surface area contributed by atoms with Gasteiger partial charge in [-0.15, -0.1) is 6.42 Å². The van der Waals surface area contributed by atoms with Crippen LogP contribution in [-0.2, 0) is 13.0 Å². The average molecular weight is 292 g/mol. The fourth-order valence-electron chi connectivity index (χ4n) is 2.85. The van der Waals surface area contributed by atoms with Crippen LogP contribution in [0.5, 0.6) is 0 Å². The van der Waals surface area contributed by atoms with Crippen LogP contribution in [0.4, 0.5) is 4.79 Å². The van der Waals surface area contributed by atoms with Gasteiger partial charge in [0.15, 0.2) is 0 Å². The molecule has 0 fully saturated rings. The van der Waals surface area contributed by atoms with E-state index >= 15 is 0 Å². The normalized spacial score (nSPS) is 11.4. The highest BCUT2D eigenvalue weighted by Gasteiger charge is 2.20. The lowest BCUT2D eigenvalue weighted by atomic mass is 10.0. The van der Waals surface area contributed by atoms with E-state index in [0.717, 1.165) is 17.0 Å². The number of terminal acetylenes is 1. The van der Waals surface area contributed by atoms with Crippen molar-refractivity contribution in [2.24, 2.45) is 0 Å². The average Bonchev–Trinajstić information content (AvgIpc) is 2.90. The molecule has 3 rings (SSSR count). The van der Waals surface area contributed by atoms with Crippen LogP contribution >= 0.6 is 0 Å². The smallest absolute Gasteiger partial charge is 0.422 e. The highest BCUT2D eigenvalue weighted by molar-refractivity contribution is 5.77. The van der Waals surface area contributed by atoms with Gasteiger partial charge < -0.3 is 5.11 Å². The molecule has 22 heavy (non-hydrogen) atoms. The fourth-order valence-corrected chi connectivity index (χ4v) is 2.85. The second-order valence-corrected chi connectivity index (χ2v) is 5.18. The van der Waals surface area contributed by atoms with Gasteiger partial charge in [0.05, 0.1) is 0 Å². The van der Waals surface area contributed by atoms with Crippen LogP contribution in [0.2, 0.25) is 0 Å². The monoisotopic (exact) mass is 292 g/mol. The lowest BCUT2D eigenvalue weighted by Crippen LogP contribution is -2.41. The molecule has 1 amide bonds. The van der Waals surface area contributed by atoms with Crippen molar-refractivity contribution in [2.75, 3.05) is 6.54 Å². The molecule has 4 heteroatoms. The molecule has 2 aromatic carbocycles. The molecule has 0 aromatic heterocycles. The maximum Gasteiger partial charge on any atom is 0.422 e. The lowest BCUT2D eigenvalue weighted by molar-refractivity contribution is 0.127. The molecule has 0 aliphatic heterocycles. The molecule has 4 nitrogen and oxygen atoms in total. The number of carboxylic acid groups (broad SMARTS) is 1. The van der Waals surface area contributed by atoms with Crippen molar-refractivity contribution in [3.63, 3.8) is 0 Å². The number of carbonyl (C=O) groups is 1. The van der Waals surface area contributed by atoms with Gasteiger partial charge >= 0.3 is 6.09 Å². The van der Waals surface area contributed by atoms with Gasteiger partial charge in [-0.05, 0) is 34.2 Å². The molecule has 0 saturated heterocycles. The highest BCUT2D eigenvalue weighted by Crippen LogP contribution is 2.37. The molecular weight excluding hydrogens is 276 g/mol. The third kappa shape index (κ3) is 2.54. The molecule has 0 spiro atoms. The number of nitrogens with one attached hydrogen (secondary N) is 1. The summed E-state index contributed by atoms with van der Waals surface area (Å²) in [5, 5.41) is 10.1. The summed E-state index contributed by atoms with van der Waals surface area (Å²) in [4.78, 5) is 11.1. The van der Waals surface area contributed by atoms with Crippen LogP contribution in [0, 0.1) is 12.3 Å². The van der Waals surface area contributed by atoms with E-state index in [0.29, 0.717) is 6.54 Å². The maximum atomic E-state index is 11.1. The molecule has 0 unspecified atom stereocenters. The Hall–Kier alpha value is -2.77. The van der Waals surface area contributed by atoms with Crippen LogP contribution < -0.4 is 5.43 Å². The molecule has 0 bridgehead atoms. The van der Waals surface area contributed by atoms with Gasteiger partial charge in [0.25, 0.3) is 0 Å². The largest absolute Gasteiger partial charge is 0.464 e. The Kier molecular flexibility index (Phi) is 3.82. The van der Waals surface area contributed by atoms with Crippen molar-refractivity contribution in [3.05, 3.63) is 59.2 Å². The van der Waals surface area contributed by atoms with Gasteiger partial charge in [-0.1, -0.05) is 48.4 Å². The highest BCUT2D eigenvalue weighted by atomic mass is 16.4. The first-order chi connectivity index (χ1) is 10.7. The number of hydrogen-bond donors (Lipinski definition) is 2. The number of benzene rings is 2. The van der Waals surface area contributed by atoms with Crippen LogP contribution in [0.1, 0.15) is 16.7 Å². The molecule has 1 aliphatic carbocycles. The van der Waals surface area contributed by atoms with Gasteiger partial charge in [0, 0.05) is 6.54 Å². The van der Waals surface area contributed by atoms with Crippen molar-refractivity contribution in [1.82, 2.24) is 10.4 Å². The summed E-state index contributed by atoms with van der Waals surface area (Å²) in [5.41, 5.74) is 9.03. The van der Waals surface area contributed by atoms with E-state index in [4.69, 9.17) is 11.5 Å². The molecule has 0 atom stereocenters. The van der Waals surface area contributed by atoms with Gasteiger partial charge in [-0.2, -0.15) is 0 Å². The molecule has 0 radical (unpaired) electrons. The van der Waals surface area contributed by atoms with Gasteiger partial charge in [-0.3, -0.25) is 0 Å². The van der Waals surface area contributed by atoms with Crippen molar-refractivity contribution < 1.29 is 9.90 Å². The van der Waals surface area contributed by atoms with E-state index in [1.165, 1.54) is 22.3 Å². The summed E-state index contributed by atoms with van der Waals surface area (Å²) in [6.07, 6.45) is 4.99. The summed E-state index contributed by atoms with van der Waals surface area (Å²) in [6, 6.07) is 14.5. The van der Waals surface area contributed by atoms with Crippen molar-refractivity contribution in [2.45, 2.75) is 13.0 Å². The third-order valence-corrected chi connectivity index (χ3v) is 3.89. The van der Waals surface area contributed by atoms with Crippen LogP contribution in [0.3, 0.4) is 0 Å². The molecular formula is C18H16N2O2. The zero-order valence-electron chi connectivity index (χ0n) is 12.0. The Balaban J connectivity index is 1.83. The Bertz CT molecular complexity index is 762. The maximum absolute atomic E-state index is 11.1. The van der Waals surface area contributed by atoms with E-state index in [1.807, 2.05) is 24.3 Å². The number of rotatable bonds is 4. The minimum absolute atomic E-state index is 0.0184. The SMILES string of the molecule is C#CCN(NCc1cccc2c1Cc1ccccc1-2)C(=O)O. The summed E-state index contributed by atoms with van der Waals surface area (Å²) in [5.74, 6) is 2.33. The Morgan fingerprint density at radius 3 is 2.77 bits per heavy atom. The van der Waals surface area contributed by atoms with Crippen molar-refractivity contribution >= 4 is 6.09 Å². The summed E-state index contributed by atoms with van der Waals surface area (Å²) < 4.78 is 0. The van der Waals surface area contributed by atoms with Gasteiger partial charge in [-0.25, -0.2) is 15.2 Å². The van der Waals surface area contributed by atoms with Gasteiger partial charge in [0.1, 0.15) is 6.54 Å². The van der Waals surface area contributed by atoms with E-state index in [-0.39, 0.29) is 6.54 Å². The van der Waals surface area contributed by atoms with Crippen LogP contribution in [-0.4, -0.2) is 22.8 Å². The number of fused-ring (bicyclic) bond motifs is 3. The number of amides is 1. The van der Waals surface area contributed by atoms with E-state index < -0.39 is 6.09 Å². The van der Waals surface area contributed by atoms with Crippen LogP contribution in [0.25, 0.3) is 11.1 Å². The second kappa shape index (κ2) is 5.92. The van der Waals surface area contributed by atoms with E-state index in [2.05, 4.69) is 29.5 Å². The zero-order valence-corrected chi connectivity index (χ0v) is 12.0. The Labute approximate surface area is 129 Å².